The van der Waals surface area contributed by atoms with Crippen LogP contribution in [0.25, 0.3) is 5.70 Å². The number of aromatic nitrogens is 2. The number of carbonyl (C=O) groups excluding carboxylic acids is 1. The molecule has 1 saturated heterocycles. The molecule has 1 spiro atoms. The van der Waals surface area contributed by atoms with E-state index in [9.17, 15) is 10.1 Å². The van der Waals surface area contributed by atoms with Crippen LogP contribution in [0.3, 0.4) is 0 Å². The summed E-state index contributed by atoms with van der Waals surface area (Å²) in [5.41, 5.74) is 14.8. The first kappa shape index (κ1) is 24.7. The van der Waals surface area contributed by atoms with E-state index in [-0.39, 0.29) is 23.4 Å². The van der Waals surface area contributed by atoms with Crippen molar-refractivity contribution in [1.82, 2.24) is 14.9 Å². The number of nitrogens with two attached hydrogens (primary N) is 2. The number of likely N-dealkylation sites (tertiary alicyclic amines) is 1. The second kappa shape index (κ2) is 9.16. The van der Waals surface area contributed by atoms with Crippen LogP contribution in [-0.4, -0.2) is 45.9 Å². The Morgan fingerprint density at radius 1 is 1.28 bits per heavy atom. The number of ether oxygens (including phenoxy) is 1. The average Bonchev–Trinajstić information content (AvgIpc) is 3.39. The number of allylic oxidation sites excluding steroid dienone is 1. The fourth-order valence-corrected chi connectivity index (χ4v) is 7.57. The zero-order valence-electron chi connectivity index (χ0n) is 21.3. The lowest BCUT2D eigenvalue weighted by Gasteiger charge is -2.40. The highest BCUT2D eigenvalue weighted by atomic mass is 32.1. The van der Waals surface area contributed by atoms with Gasteiger partial charge < -0.3 is 16.2 Å². The monoisotopic (exact) mass is 506 g/mol. The number of anilines is 1. The Bertz CT molecular complexity index is 1280. The van der Waals surface area contributed by atoms with E-state index in [1.165, 1.54) is 11.3 Å². The van der Waals surface area contributed by atoms with Gasteiger partial charge in [-0.1, -0.05) is 0 Å². The molecule has 2 aliphatic carbocycles. The van der Waals surface area contributed by atoms with E-state index in [2.05, 4.69) is 34.9 Å². The van der Waals surface area contributed by atoms with Crippen LogP contribution < -0.4 is 16.2 Å². The van der Waals surface area contributed by atoms with Gasteiger partial charge in [-0.3, -0.25) is 9.69 Å². The maximum absolute atomic E-state index is 14.1. The molecule has 1 aliphatic heterocycles. The second-order valence-electron chi connectivity index (χ2n) is 10.6. The highest BCUT2D eigenvalue weighted by Gasteiger charge is 2.49. The molecule has 9 heteroatoms. The van der Waals surface area contributed by atoms with Crippen molar-refractivity contribution in [3.8, 4) is 12.1 Å². The van der Waals surface area contributed by atoms with Gasteiger partial charge in [0.05, 0.1) is 27.9 Å². The van der Waals surface area contributed by atoms with Crippen LogP contribution in [-0.2, 0) is 16.6 Å². The summed E-state index contributed by atoms with van der Waals surface area (Å²) < 4.78 is 6.19. The van der Waals surface area contributed by atoms with Gasteiger partial charge in [-0.15, -0.1) is 11.3 Å². The zero-order valence-corrected chi connectivity index (χ0v) is 22.1. The normalized spacial score (nSPS) is 28.6. The molecule has 190 valence electrons. The molecule has 3 heterocycles. The highest BCUT2D eigenvalue weighted by molar-refractivity contribution is 7.16. The van der Waals surface area contributed by atoms with E-state index in [1.807, 2.05) is 6.92 Å². The third-order valence-electron chi connectivity index (χ3n) is 8.79. The number of thiophene rings is 1. The molecular weight excluding hydrogens is 472 g/mol. The summed E-state index contributed by atoms with van der Waals surface area (Å²) in [5.74, 6) is 0.0102. The number of rotatable bonds is 4. The van der Waals surface area contributed by atoms with Gasteiger partial charge >= 0.3 is 6.01 Å². The number of hydrogen-bond donors (Lipinski definition) is 2. The summed E-state index contributed by atoms with van der Waals surface area (Å²) in [6, 6.07) is 4.27. The van der Waals surface area contributed by atoms with E-state index in [0.717, 1.165) is 49.1 Å². The van der Waals surface area contributed by atoms with Crippen LogP contribution >= 0.6 is 11.3 Å². The summed E-state index contributed by atoms with van der Waals surface area (Å²) in [6.45, 7) is 5.29. The lowest BCUT2D eigenvalue weighted by atomic mass is 9.61. The van der Waals surface area contributed by atoms with Crippen molar-refractivity contribution < 1.29 is 9.53 Å². The topological polar surface area (TPSA) is 131 Å². The molecule has 5 rings (SSSR count). The third-order valence-corrected chi connectivity index (χ3v) is 9.86. The predicted molar refractivity (Wildman–Crippen MR) is 140 cm³/mol. The minimum atomic E-state index is -0.729. The third kappa shape index (κ3) is 3.78. The number of nitriles is 1. The average molecular weight is 507 g/mol. The molecule has 2 aromatic rings. The molecule has 8 nitrogen and oxygen atoms in total. The van der Waals surface area contributed by atoms with Crippen LogP contribution in [0.1, 0.15) is 80.5 Å². The smallest absolute Gasteiger partial charge is 0.317 e. The number of aryl methyl sites for hydroxylation is 1. The molecule has 2 aromatic heterocycles. The van der Waals surface area contributed by atoms with Crippen LogP contribution in [0, 0.1) is 11.3 Å². The maximum atomic E-state index is 14.1. The van der Waals surface area contributed by atoms with Crippen LogP contribution in [0.4, 0.5) is 5.00 Å². The Morgan fingerprint density at radius 2 is 2.03 bits per heavy atom. The summed E-state index contributed by atoms with van der Waals surface area (Å²) in [4.78, 5) is 26.4. The van der Waals surface area contributed by atoms with Crippen LogP contribution in [0.15, 0.2) is 17.8 Å². The molecule has 0 radical (unpaired) electrons. The number of ketones is 1. The lowest BCUT2D eigenvalue weighted by molar-refractivity contribution is -0.122. The number of nitrogen functional groups attached to an aromatic ring is 1. The molecule has 4 N–H and O–H groups in total. The Kier molecular flexibility index (Phi) is 6.29. The number of likely N-dealkylation sites (N-methyl/N-ethyl adjacent to an activating group) is 1. The van der Waals surface area contributed by atoms with Gasteiger partial charge in [-0.05, 0) is 90.4 Å². The second-order valence-corrected chi connectivity index (χ2v) is 11.8. The molecule has 0 bridgehead atoms. The quantitative estimate of drug-likeness (QED) is 0.596. The maximum Gasteiger partial charge on any atom is 0.317 e. The standard InChI is InChI=1S/C27H34N6O2S/c1-16(26(2)10-6-14-33(26)3)35-25-31-13-9-19(32-25)22(29)17-7-4-11-27(23(17)34)12-5-8-20-21(27)18(15-28)24(30)36-20/h9,13,16H,4-8,10-12,14,29-30H2,1-3H3/b22-17-/t16-,26+,27-/m0/s1. The number of nitrogens with zero attached hydrogens (tertiary/aromatic N) is 4. The molecule has 3 atom stereocenters. The highest BCUT2D eigenvalue weighted by Crippen LogP contribution is 2.52. The first-order chi connectivity index (χ1) is 17.2. The van der Waals surface area contributed by atoms with E-state index >= 15 is 0 Å². The molecule has 0 aromatic carbocycles. The SMILES string of the molecule is C[C@H](Oc1nccc(/C(N)=C2\CCC[C@@]3(CCCc4sc(N)c(C#N)c43)C2=O)n1)[C@@]1(C)CCCN1C. The van der Waals surface area contributed by atoms with Gasteiger partial charge in [0, 0.05) is 16.6 Å². The zero-order chi connectivity index (χ0) is 25.7. The summed E-state index contributed by atoms with van der Waals surface area (Å²) in [7, 11) is 2.12. The molecule has 1 saturated carbocycles. The van der Waals surface area contributed by atoms with E-state index in [0.29, 0.717) is 46.8 Å². The van der Waals surface area contributed by atoms with Crippen LogP contribution in [0.5, 0.6) is 6.01 Å². The number of fused-ring (bicyclic) bond motifs is 2. The van der Waals surface area contributed by atoms with E-state index in [4.69, 9.17) is 16.2 Å². The fourth-order valence-electron chi connectivity index (χ4n) is 6.40. The van der Waals surface area contributed by atoms with Gasteiger partial charge in [0.2, 0.25) is 0 Å². The summed E-state index contributed by atoms with van der Waals surface area (Å²) in [5, 5.41) is 10.3. The van der Waals surface area contributed by atoms with E-state index < -0.39 is 5.41 Å². The number of Topliss-reactive ketones (excluding diaryl/α,β-unsaturated/α-hetero) is 1. The number of carbonyl (C=O) groups is 1. The molecule has 3 aliphatic rings. The molecule has 0 unspecified atom stereocenters. The first-order valence-corrected chi connectivity index (χ1v) is 13.6. The lowest BCUT2D eigenvalue weighted by Crippen LogP contribution is -2.50. The van der Waals surface area contributed by atoms with Gasteiger partial charge in [-0.2, -0.15) is 10.2 Å². The molecule has 36 heavy (non-hydrogen) atoms. The Hall–Kier alpha value is -2.96. The molecule has 0 amide bonds. The largest absolute Gasteiger partial charge is 0.458 e. The Labute approximate surface area is 216 Å². The van der Waals surface area contributed by atoms with Crippen molar-refractivity contribution in [2.75, 3.05) is 19.3 Å². The van der Waals surface area contributed by atoms with Crippen molar-refractivity contribution in [3.05, 3.63) is 39.5 Å². The van der Waals surface area contributed by atoms with Crippen LogP contribution in [0.2, 0.25) is 0 Å². The van der Waals surface area contributed by atoms with Gasteiger partial charge in [0.25, 0.3) is 0 Å². The van der Waals surface area contributed by atoms with Crippen molar-refractivity contribution in [2.45, 2.75) is 82.3 Å². The first-order valence-electron chi connectivity index (χ1n) is 12.8. The minimum Gasteiger partial charge on any atom is -0.458 e. The van der Waals surface area contributed by atoms with Gasteiger partial charge in [0.1, 0.15) is 17.2 Å². The van der Waals surface area contributed by atoms with Crippen molar-refractivity contribution in [2.24, 2.45) is 5.73 Å². The minimum absolute atomic E-state index is 0.0102. The van der Waals surface area contributed by atoms with Crippen molar-refractivity contribution >= 4 is 27.8 Å². The summed E-state index contributed by atoms with van der Waals surface area (Å²) >= 11 is 1.45. The predicted octanol–water partition coefficient (Wildman–Crippen LogP) is 3.94. The van der Waals surface area contributed by atoms with Gasteiger partial charge in [0.15, 0.2) is 5.78 Å². The number of hydrogen-bond acceptors (Lipinski definition) is 9. The molecule has 2 fully saturated rings. The van der Waals surface area contributed by atoms with Crippen molar-refractivity contribution in [1.29, 1.82) is 5.26 Å². The Balaban J connectivity index is 1.48. The van der Waals surface area contributed by atoms with Crippen molar-refractivity contribution in [3.63, 3.8) is 0 Å². The van der Waals surface area contributed by atoms with Gasteiger partial charge in [-0.25, -0.2) is 4.98 Å². The fraction of sp³-hybridized carbons (Fsp3) is 0.556. The molecular formula is C27H34N6O2S. The summed E-state index contributed by atoms with van der Waals surface area (Å²) in [6.07, 6.45) is 8.28. The van der Waals surface area contributed by atoms with E-state index in [1.54, 1.807) is 12.3 Å². The Morgan fingerprint density at radius 3 is 2.72 bits per heavy atom.